The molecule has 0 bridgehead atoms. The van der Waals surface area contributed by atoms with Crippen molar-refractivity contribution >= 4 is 23.7 Å². The van der Waals surface area contributed by atoms with Gasteiger partial charge in [-0.3, -0.25) is 14.4 Å². The fourth-order valence-corrected chi connectivity index (χ4v) is 7.66. The molecule has 4 rings (SSSR count). The van der Waals surface area contributed by atoms with Crippen molar-refractivity contribution in [3.8, 4) is 0 Å². The molecule has 0 aromatic carbocycles. The monoisotopic (exact) mass is 506 g/mol. The van der Waals surface area contributed by atoms with E-state index < -0.39 is 53.2 Å². The number of carbonyl (C=O) groups excluding carboxylic acids is 4. The van der Waals surface area contributed by atoms with Crippen LogP contribution < -0.4 is 0 Å². The summed E-state index contributed by atoms with van der Waals surface area (Å²) in [5, 5.41) is 11.5. The number of ether oxygens (including phenoxy) is 3. The Balaban J connectivity index is 1.73. The van der Waals surface area contributed by atoms with Gasteiger partial charge in [0.2, 0.25) is 5.78 Å². The summed E-state index contributed by atoms with van der Waals surface area (Å²) in [5.41, 5.74) is -3.19. The molecule has 0 amide bonds. The Morgan fingerprint density at radius 1 is 1.19 bits per heavy atom. The number of aliphatic hydroxyl groups excluding tert-OH is 1. The molecule has 1 N–H and O–H groups in total. The lowest BCUT2D eigenvalue weighted by atomic mass is 9.46. The number of fused-ring (bicyclic) bond motifs is 5. The van der Waals surface area contributed by atoms with E-state index >= 15 is 4.39 Å². The van der Waals surface area contributed by atoms with Gasteiger partial charge < -0.3 is 19.3 Å². The lowest BCUT2D eigenvalue weighted by molar-refractivity contribution is -0.187. The maximum Gasteiger partial charge on any atom is 0.509 e. The molecule has 0 saturated heterocycles. The van der Waals surface area contributed by atoms with Crippen molar-refractivity contribution in [2.45, 2.75) is 77.7 Å². The highest BCUT2D eigenvalue weighted by atomic mass is 19.1. The number of alkyl halides is 1. The van der Waals surface area contributed by atoms with Crippen LogP contribution in [0.25, 0.3) is 0 Å². The standard InChI is InChI=1S/C27H35FO8/c1-5-22(32)35-14-21(31)27(36-24(33)34-6-2)10-8-17-16-12-19(28)18-11-15(29)7-9-25(18,3)23(16)20(30)13-26(17,27)4/h7,9,11,16-17,19-20,23,30H,5-6,8,10,12-14H2,1-4H3/t16-,17-,19-,20?,23+,25-,26-,27-/m0/s1. The molecule has 36 heavy (non-hydrogen) atoms. The highest BCUT2D eigenvalue weighted by Crippen LogP contribution is 2.68. The predicted molar refractivity (Wildman–Crippen MR) is 125 cm³/mol. The molecule has 0 aliphatic heterocycles. The summed E-state index contributed by atoms with van der Waals surface area (Å²) in [5.74, 6) is -2.36. The Hall–Kier alpha value is -2.55. The van der Waals surface area contributed by atoms with Crippen molar-refractivity contribution in [3.63, 3.8) is 0 Å². The number of Topliss-reactive ketones (excluding diaryl/α,β-unsaturated/α-hetero) is 1. The van der Waals surface area contributed by atoms with Gasteiger partial charge in [0.05, 0.1) is 12.7 Å². The second kappa shape index (κ2) is 9.39. The van der Waals surface area contributed by atoms with Crippen LogP contribution in [0.4, 0.5) is 9.18 Å². The Morgan fingerprint density at radius 3 is 2.58 bits per heavy atom. The molecule has 198 valence electrons. The number of allylic oxidation sites excluding steroid dienone is 4. The molecule has 0 aromatic heterocycles. The van der Waals surface area contributed by atoms with Crippen molar-refractivity contribution in [2.75, 3.05) is 13.2 Å². The molecule has 9 heteroatoms. The van der Waals surface area contributed by atoms with E-state index in [2.05, 4.69) is 0 Å². The second-order valence-electron chi connectivity index (χ2n) is 10.9. The van der Waals surface area contributed by atoms with Crippen LogP contribution in [0.2, 0.25) is 0 Å². The molecule has 4 aliphatic rings. The number of hydrogen-bond donors (Lipinski definition) is 1. The van der Waals surface area contributed by atoms with Crippen LogP contribution in [-0.2, 0) is 28.6 Å². The minimum atomic E-state index is -1.69. The predicted octanol–water partition coefficient (Wildman–Crippen LogP) is 3.65. The first-order valence-electron chi connectivity index (χ1n) is 12.8. The Bertz CT molecular complexity index is 1020. The molecule has 8 atom stereocenters. The number of ketones is 2. The van der Waals surface area contributed by atoms with E-state index in [4.69, 9.17) is 14.2 Å². The van der Waals surface area contributed by atoms with Gasteiger partial charge in [-0.2, -0.15) is 0 Å². The van der Waals surface area contributed by atoms with Gasteiger partial charge in [0.25, 0.3) is 0 Å². The van der Waals surface area contributed by atoms with Crippen molar-refractivity contribution in [2.24, 2.45) is 28.6 Å². The Kier molecular flexibility index (Phi) is 6.92. The van der Waals surface area contributed by atoms with E-state index in [9.17, 15) is 24.3 Å². The van der Waals surface area contributed by atoms with Crippen LogP contribution in [0.5, 0.6) is 0 Å². The number of rotatable bonds is 6. The molecule has 1 unspecified atom stereocenters. The van der Waals surface area contributed by atoms with E-state index in [1.165, 1.54) is 12.2 Å². The summed E-state index contributed by atoms with van der Waals surface area (Å²) in [7, 11) is 0. The topological polar surface area (TPSA) is 116 Å². The quantitative estimate of drug-likeness (QED) is 0.543. The van der Waals surface area contributed by atoms with E-state index in [-0.39, 0.29) is 55.8 Å². The van der Waals surface area contributed by atoms with Crippen molar-refractivity contribution in [1.82, 2.24) is 0 Å². The summed E-state index contributed by atoms with van der Waals surface area (Å²) in [6.07, 6.45) is 2.04. The van der Waals surface area contributed by atoms with Gasteiger partial charge in [0.15, 0.2) is 18.0 Å². The zero-order chi connectivity index (χ0) is 26.5. The zero-order valence-electron chi connectivity index (χ0n) is 21.3. The molecule has 0 aromatic rings. The fraction of sp³-hybridized carbons (Fsp3) is 0.704. The first-order valence-corrected chi connectivity index (χ1v) is 12.8. The molecule has 3 fully saturated rings. The van der Waals surface area contributed by atoms with Gasteiger partial charge in [0, 0.05) is 23.2 Å². The van der Waals surface area contributed by atoms with Crippen LogP contribution in [0, 0.1) is 28.6 Å². The fourth-order valence-electron chi connectivity index (χ4n) is 7.66. The number of halogens is 1. The third kappa shape index (κ3) is 3.90. The maximum atomic E-state index is 15.6. The van der Waals surface area contributed by atoms with E-state index in [1.54, 1.807) is 26.8 Å². The first kappa shape index (κ1) is 26.5. The van der Waals surface area contributed by atoms with E-state index in [0.29, 0.717) is 12.0 Å². The third-order valence-electron chi connectivity index (χ3n) is 9.22. The number of esters is 1. The van der Waals surface area contributed by atoms with Gasteiger partial charge in [0.1, 0.15) is 6.17 Å². The minimum absolute atomic E-state index is 0.0451. The molecule has 0 spiro atoms. The lowest BCUT2D eigenvalue weighted by Gasteiger charge is -2.60. The molecule has 3 saturated carbocycles. The molecular formula is C27H35FO8. The highest BCUT2D eigenvalue weighted by Gasteiger charge is 2.71. The number of carbonyl (C=O) groups is 4. The van der Waals surface area contributed by atoms with E-state index in [0.717, 1.165) is 0 Å². The first-order chi connectivity index (χ1) is 16.9. The van der Waals surface area contributed by atoms with Gasteiger partial charge in [-0.05, 0) is 62.2 Å². The van der Waals surface area contributed by atoms with Gasteiger partial charge >= 0.3 is 12.1 Å². The van der Waals surface area contributed by atoms with Crippen LogP contribution in [0.3, 0.4) is 0 Å². The summed E-state index contributed by atoms with van der Waals surface area (Å²) in [6, 6.07) is 0. The van der Waals surface area contributed by atoms with Crippen LogP contribution in [0.15, 0.2) is 23.8 Å². The molecule has 8 nitrogen and oxygen atoms in total. The normalized spacial score (nSPS) is 40.9. The van der Waals surface area contributed by atoms with E-state index in [1.807, 2.05) is 6.92 Å². The van der Waals surface area contributed by atoms with Gasteiger partial charge in [-0.15, -0.1) is 0 Å². The summed E-state index contributed by atoms with van der Waals surface area (Å²) in [6.45, 7) is 6.34. The number of hydrogen-bond acceptors (Lipinski definition) is 8. The smallest absolute Gasteiger partial charge is 0.457 e. The van der Waals surface area contributed by atoms with Crippen molar-refractivity contribution in [3.05, 3.63) is 23.8 Å². The largest absolute Gasteiger partial charge is 0.509 e. The third-order valence-corrected chi connectivity index (χ3v) is 9.22. The average Bonchev–Trinajstić information content (AvgIpc) is 3.10. The maximum absolute atomic E-state index is 15.6. The second-order valence-corrected chi connectivity index (χ2v) is 10.9. The van der Waals surface area contributed by atoms with Crippen molar-refractivity contribution < 1.29 is 42.9 Å². The van der Waals surface area contributed by atoms with Crippen LogP contribution >= 0.6 is 0 Å². The molecular weight excluding hydrogens is 471 g/mol. The minimum Gasteiger partial charge on any atom is -0.457 e. The zero-order valence-corrected chi connectivity index (χ0v) is 21.3. The lowest BCUT2D eigenvalue weighted by Crippen LogP contribution is -2.64. The SMILES string of the molecule is CCOC(=O)O[C@]1(C(=O)COC(=O)CC)CC[C@H]2[C@@H]3C[C@H](F)C4=CC(=O)C=C[C@]4(C)[C@H]3C(O)C[C@@]21C. The summed E-state index contributed by atoms with van der Waals surface area (Å²) in [4.78, 5) is 49.9. The highest BCUT2D eigenvalue weighted by molar-refractivity contribution is 6.01. The molecule has 0 radical (unpaired) electrons. The Morgan fingerprint density at radius 2 is 1.92 bits per heavy atom. The van der Waals surface area contributed by atoms with Crippen LogP contribution in [0.1, 0.15) is 59.8 Å². The molecule has 4 aliphatic carbocycles. The molecule has 0 heterocycles. The van der Waals surface area contributed by atoms with Crippen LogP contribution in [-0.4, -0.2) is 59.9 Å². The van der Waals surface area contributed by atoms with Gasteiger partial charge in [-0.25, -0.2) is 9.18 Å². The summed E-state index contributed by atoms with van der Waals surface area (Å²) >= 11 is 0. The summed E-state index contributed by atoms with van der Waals surface area (Å²) < 4.78 is 31.4. The van der Waals surface area contributed by atoms with Gasteiger partial charge in [-0.1, -0.05) is 26.8 Å². The average molecular weight is 507 g/mol. The number of aliphatic hydroxyl groups is 1. The van der Waals surface area contributed by atoms with Crippen molar-refractivity contribution in [1.29, 1.82) is 0 Å². The Labute approximate surface area is 210 Å².